The van der Waals surface area contributed by atoms with Crippen LogP contribution in [0.1, 0.15) is 11.1 Å². The fourth-order valence-corrected chi connectivity index (χ4v) is 2.58. The number of hydrogen-bond acceptors (Lipinski definition) is 4. The van der Waals surface area contributed by atoms with Crippen LogP contribution >= 0.6 is 0 Å². The van der Waals surface area contributed by atoms with Crippen LogP contribution < -0.4 is 9.47 Å². The molecule has 23 heavy (non-hydrogen) atoms. The average molecular weight is 311 g/mol. The van der Waals surface area contributed by atoms with Gasteiger partial charge >= 0.3 is 0 Å². The van der Waals surface area contributed by atoms with Gasteiger partial charge in [-0.15, -0.1) is 0 Å². The molecule has 0 unspecified atom stereocenters. The van der Waals surface area contributed by atoms with Gasteiger partial charge in [-0.2, -0.15) is 0 Å². The van der Waals surface area contributed by atoms with E-state index in [-0.39, 0.29) is 6.61 Å². The molecule has 0 aliphatic carbocycles. The van der Waals surface area contributed by atoms with Crippen molar-refractivity contribution in [1.82, 2.24) is 4.90 Å². The first-order chi connectivity index (χ1) is 11.3. The Bertz CT molecular complexity index is 655. The van der Waals surface area contributed by atoms with Crippen LogP contribution in [0.5, 0.6) is 11.5 Å². The first-order valence-corrected chi connectivity index (χ1v) is 7.78. The molecule has 2 aromatic carbocycles. The third-order valence-electron chi connectivity index (χ3n) is 3.73. The van der Waals surface area contributed by atoms with Crippen LogP contribution in [0.15, 0.2) is 54.6 Å². The van der Waals surface area contributed by atoms with E-state index in [1.54, 1.807) is 0 Å². The molecular formula is C19H21NO3. The lowest BCUT2D eigenvalue weighted by Gasteiger charge is -2.19. The zero-order chi connectivity index (χ0) is 15.9. The molecule has 4 nitrogen and oxygen atoms in total. The number of fused-ring (bicyclic) bond motifs is 1. The van der Waals surface area contributed by atoms with E-state index >= 15 is 0 Å². The number of benzene rings is 2. The van der Waals surface area contributed by atoms with Gasteiger partial charge in [0.05, 0.1) is 6.61 Å². The summed E-state index contributed by atoms with van der Waals surface area (Å²) in [5.41, 5.74) is 2.33. The van der Waals surface area contributed by atoms with Crippen molar-refractivity contribution in [3.63, 3.8) is 0 Å². The summed E-state index contributed by atoms with van der Waals surface area (Å²) < 4.78 is 10.7. The second-order valence-corrected chi connectivity index (χ2v) is 5.46. The van der Waals surface area contributed by atoms with E-state index in [1.165, 1.54) is 5.56 Å². The van der Waals surface area contributed by atoms with Crippen LogP contribution in [0, 0.1) is 0 Å². The van der Waals surface area contributed by atoms with Gasteiger partial charge in [0.25, 0.3) is 0 Å². The van der Waals surface area contributed by atoms with Crippen molar-refractivity contribution in [2.24, 2.45) is 0 Å². The maximum Gasteiger partial charge on any atom is 0.231 e. The summed E-state index contributed by atoms with van der Waals surface area (Å²) in [4.78, 5) is 2.19. The van der Waals surface area contributed by atoms with Crippen LogP contribution in [0.2, 0.25) is 0 Å². The van der Waals surface area contributed by atoms with Crippen molar-refractivity contribution in [3.8, 4) is 11.5 Å². The molecule has 1 aliphatic rings. The molecule has 0 fully saturated rings. The molecule has 0 saturated carbocycles. The van der Waals surface area contributed by atoms with E-state index in [0.29, 0.717) is 13.3 Å². The maximum atomic E-state index is 9.28. The number of nitrogens with zero attached hydrogens (tertiary/aromatic N) is 1. The van der Waals surface area contributed by atoms with Gasteiger partial charge in [-0.3, -0.25) is 4.90 Å². The second kappa shape index (κ2) is 7.81. The van der Waals surface area contributed by atoms with Gasteiger partial charge in [0, 0.05) is 19.6 Å². The number of rotatable bonds is 7. The lowest BCUT2D eigenvalue weighted by Crippen LogP contribution is -2.26. The highest BCUT2D eigenvalue weighted by molar-refractivity contribution is 5.49. The minimum absolute atomic E-state index is 0.143. The van der Waals surface area contributed by atoms with E-state index in [0.717, 1.165) is 30.2 Å². The van der Waals surface area contributed by atoms with Crippen LogP contribution in [-0.2, 0) is 6.54 Å². The lowest BCUT2D eigenvalue weighted by molar-refractivity contribution is 0.174. The topological polar surface area (TPSA) is 41.9 Å². The summed E-state index contributed by atoms with van der Waals surface area (Å²) in [7, 11) is 0. The van der Waals surface area contributed by atoms with E-state index in [4.69, 9.17) is 9.47 Å². The summed E-state index contributed by atoms with van der Waals surface area (Å²) >= 11 is 0. The molecule has 120 valence electrons. The maximum absolute atomic E-state index is 9.28. The number of aliphatic hydroxyl groups is 1. The fourth-order valence-electron chi connectivity index (χ4n) is 2.58. The van der Waals surface area contributed by atoms with Crippen molar-refractivity contribution < 1.29 is 14.6 Å². The molecule has 0 spiro atoms. The average Bonchev–Trinajstić information content (AvgIpc) is 3.04. The van der Waals surface area contributed by atoms with Crippen molar-refractivity contribution >= 4 is 6.08 Å². The SMILES string of the molecule is OCCN(CC=Cc1ccccc1)Cc1ccc2c(c1)OCO2. The normalized spacial score (nSPS) is 13.1. The minimum atomic E-state index is 0.143. The van der Waals surface area contributed by atoms with Gasteiger partial charge in [-0.1, -0.05) is 48.6 Å². The summed E-state index contributed by atoms with van der Waals surface area (Å²) in [6.45, 7) is 2.61. The van der Waals surface area contributed by atoms with E-state index in [1.807, 2.05) is 36.4 Å². The minimum Gasteiger partial charge on any atom is -0.454 e. The van der Waals surface area contributed by atoms with Crippen molar-refractivity contribution in [2.75, 3.05) is 26.5 Å². The Balaban J connectivity index is 1.61. The second-order valence-electron chi connectivity index (χ2n) is 5.46. The standard InChI is InChI=1S/C19H21NO3/c21-12-11-20(10-4-7-16-5-2-1-3-6-16)14-17-8-9-18-19(13-17)23-15-22-18/h1-9,13,21H,10-12,14-15H2. The molecule has 1 heterocycles. The van der Waals surface area contributed by atoms with Gasteiger partial charge in [-0.05, 0) is 23.3 Å². The first-order valence-electron chi connectivity index (χ1n) is 7.78. The lowest BCUT2D eigenvalue weighted by atomic mass is 10.2. The Morgan fingerprint density at radius 1 is 1.04 bits per heavy atom. The van der Waals surface area contributed by atoms with Crippen molar-refractivity contribution in [2.45, 2.75) is 6.54 Å². The Labute approximate surface area is 136 Å². The van der Waals surface area contributed by atoms with E-state index < -0.39 is 0 Å². The van der Waals surface area contributed by atoms with E-state index in [2.05, 4.69) is 29.2 Å². The molecule has 1 N–H and O–H groups in total. The highest BCUT2D eigenvalue weighted by Gasteiger charge is 2.14. The smallest absolute Gasteiger partial charge is 0.231 e. The fraction of sp³-hybridized carbons (Fsp3) is 0.263. The summed E-state index contributed by atoms with van der Waals surface area (Å²) in [5.74, 6) is 1.60. The highest BCUT2D eigenvalue weighted by Crippen LogP contribution is 2.32. The molecule has 3 rings (SSSR count). The van der Waals surface area contributed by atoms with Crippen LogP contribution in [-0.4, -0.2) is 36.5 Å². The van der Waals surface area contributed by atoms with Crippen molar-refractivity contribution in [3.05, 3.63) is 65.7 Å². The third kappa shape index (κ3) is 4.34. The zero-order valence-electron chi connectivity index (χ0n) is 13.0. The summed E-state index contributed by atoms with van der Waals surface area (Å²) in [6.07, 6.45) is 4.22. The molecular weight excluding hydrogens is 290 g/mol. The Kier molecular flexibility index (Phi) is 5.29. The molecule has 0 bridgehead atoms. The van der Waals surface area contributed by atoms with Gasteiger partial charge in [-0.25, -0.2) is 0 Å². The van der Waals surface area contributed by atoms with Gasteiger partial charge in [0.2, 0.25) is 6.79 Å². The number of aliphatic hydroxyl groups excluding tert-OH is 1. The Hall–Kier alpha value is -2.30. The van der Waals surface area contributed by atoms with Crippen LogP contribution in [0.25, 0.3) is 6.08 Å². The molecule has 1 aliphatic heterocycles. The largest absolute Gasteiger partial charge is 0.454 e. The third-order valence-corrected chi connectivity index (χ3v) is 3.73. The Morgan fingerprint density at radius 2 is 1.87 bits per heavy atom. The first kappa shape index (κ1) is 15.6. The van der Waals surface area contributed by atoms with Gasteiger partial charge < -0.3 is 14.6 Å². The molecule has 4 heteroatoms. The molecule has 0 aromatic heterocycles. The molecule has 0 saturated heterocycles. The van der Waals surface area contributed by atoms with Crippen molar-refractivity contribution in [1.29, 1.82) is 0 Å². The predicted octanol–water partition coefficient (Wildman–Crippen LogP) is 2.92. The zero-order valence-corrected chi connectivity index (χ0v) is 13.0. The van der Waals surface area contributed by atoms with Crippen LogP contribution in [0.4, 0.5) is 0 Å². The van der Waals surface area contributed by atoms with Crippen LogP contribution in [0.3, 0.4) is 0 Å². The van der Waals surface area contributed by atoms with Gasteiger partial charge in [0.1, 0.15) is 0 Å². The number of ether oxygens (including phenoxy) is 2. The molecule has 0 radical (unpaired) electrons. The predicted molar refractivity (Wildman–Crippen MR) is 90.4 cm³/mol. The summed E-state index contributed by atoms with van der Waals surface area (Å²) in [5, 5.41) is 9.28. The van der Waals surface area contributed by atoms with Gasteiger partial charge in [0.15, 0.2) is 11.5 Å². The molecule has 0 amide bonds. The molecule has 0 atom stereocenters. The van der Waals surface area contributed by atoms with E-state index in [9.17, 15) is 5.11 Å². The molecule has 2 aromatic rings. The quantitative estimate of drug-likeness (QED) is 0.854. The summed E-state index contributed by atoms with van der Waals surface area (Å²) in [6, 6.07) is 16.2. The monoisotopic (exact) mass is 311 g/mol. The highest BCUT2D eigenvalue weighted by atomic mass is 16.7. The number of hydrogen-bond donors (Lipinski definition) is 1. The Morgan fingerprint density at radius 3 is 2.70 bits per heavy atom.